The third-order valence-corrected chi connectivity index (χ3v) is 7.34. The molecule has 0 saturated heterocycles. The monoisotopic (exact) mass is 514 g/mol. The Labute approximate surface area is 205 Å². The van der Waals surface area contributed by atoms with E-state index >= 15 is 0 Å². The molecule has 33 heavy (non-hydrogen) atoms. The number of carbonyl (C=O) groups excluding carboxylic acids is 2. The van der Waals surface area contributed by atoms with Crippen molar-refractivity contribution >= 4 is 50.9 Å². The van der Waals surface area contributed by atoms with Crippen LogP contribution in [-0.4, -0.2) is 62.7 Å². The van der Waals surface area contributed by atoms with Gasteiger partial charge in [-0.2, -0.15) is 12.7 Å². The lowest BCUT2D eigenvalue weighted by atomic mass is 10.1. The maximum absolute atomic E-state index is 13.5. The second kappa shape index (κ2) is 11.7. The van der Waals surface area contributed by atoms with Gasteiger partial charge >= 0.3 is 10.2 Å². The smallest absolute Gasteiger partial charge is 0.304 e. The summed E-state index contributed by atoms with van der Waals surface area (Å²) in [5, 5.41) is 3.47. The molecule has 0 heterocycles. The molecular weight excluding hydrogens is 487 g/mol. The van der Waals surface area contributed by atoms with Gasteiger partial charge in [-0.05, 0) is 43.7 Å². The van der Waals surface area contributed by atoms with Gasteiger partial charge in [0.25, 0.3) is 0 Å². The molecule has 0 aliphatic carbocycles. The van der Waals surface area contributed by atoms with Crippen LogP contribution in [0.5, 0.6) is 0 Å². The zero-order valence-corrected chi connectivity index (χ0v) is 21.3. The molecule has 11 heteroatoms. The minimum atomic E-state index is -3.99. The van der Waals surface area contributed by atoms with E-state index in [9.17, 15) is 18.0 Å². The van der Waals surface area contributed by atoms with Gasteiger partial charge in [0, 0.05) is 37.2 Å². The molecule has 8 nitrogen and oxygen atoms in total. The number of carbonyl (C=O) groups is 2. The highest BCUT2D eigenvalue weighted by atomic mass is 35.5. The van der Waals surface area contributed by atoms with E-state index in [1.165, 1.54) is 19.0 Å². The van der Waals surface area contributed by atoms with Crippen LogP contribution in [0.1, 0.15) is 19.4 Å². The van der Waals surface area contributed by atoms with Crippen LogP contribution in [0, 0.1) is 0 Å². The van der Waals surface area contributed by atoms with E-state index in [2.05, 4.69) is 5.32 Å². The van der Waals surface area contributed by atoms with E-state index < -0.39 is 28.7 Å². The van der Waals surface area contributed by atoms with Gasteiger partial charge in [-0.25, -0.2) is 4.31 Å². The molecule has 0 unspecified atom stereocenters. The predicted molar refractivity (Wildman–Crippen MR) is 132 cm³/mol. The van der Waals surface area contributed by atoms with Crippen LogP contribution in [0.15, 0.2) is 48.5 Å². The van der Waals surface area contributed by atoms with Crippen molar-refractivity contribution in [1.82, 2.24) is 14.5 Å². The van der Waals surface area contributed by atoms with Crippen molar-refractivity contribution in [3.8, 4) is 0 Å². The lowest BCUT2D eigenvalue weighted by Gasteiger charge is -2.33. The predicted octanol–water partition coefficient (Wildman–Crippen LogP) is 3.16. The summed E-state index contributed by atoms with van der Waals surface area (Å²) in [6.45, 7) is 3.24. The van der Waals surface area contributed by atoms with Crippen molar-refractivity contribution in [2.45, 2.75) is 26.4 Å². The molecule has 0 radical (unpaired) electrons. The summed E-state index contributed by atoms with van der Waals surface area (Å²) >= 11 is 12.3. The standard InChI is InChI=1S/C22H28Cl2N4O4S/c1-5-25-22(30)16(2)27(14-17-11-12-18(23)13-20(17)24)21(29)15-28(33(31,32)26(3)4)19-9-7-6-8-10-19/h6-13,16H,5,14-15H2,1-4H3,(H,25,30)/t16-/m1/s1. The summed E-state index contributed by atoms with van der Waals surface area (Å²) in [6.07, 6.45) is 0. The molecule has 0 saturated carbocycles. The number of amides is 2. The number of nitrogens with zero attached hydrogens (tertiary/aromatic N) is 3. The average molecular weight is 515 g/mol. The molecule has 2 aromatic carbocycles. The van der Waals surface area contributed by atoms with Crippen molar-refractivity contribution in [3.05, 3.63) is 64.1 Å². The summed E-state index contributed by atoms with van der Waals surface area (Å²) in [5.41, 5.74) is 0.905. The van der Waals surface area contributed by atoms with Gasteiger partial charge in [-0.1, -0.05) is 47.5 Å². The number of anilines is 1. The van der Waals surface area contributed by atoms with Crippen molar-refractivity contribution in [2.75, 3.05) is 31.5 Å². The van der Waals surface area contributed by atoms with Crippen LogP contribution in [0.25, 0.3) is 0 Å². The van der Waals surface area contributed by atoms with Gasteiger partial charge in [0.1, 0.15) is 12.6 Å². The molecule has 2 amide bonds. The van der Waals surface area contributed by atoms with E-state index in [1.807, 2.05) is 0 Å². The van der Waals surface area contributed by atoms with Crippen molar-refractivity contribution in [1.29, 1.82) is 0 Å². The zero-order valence-electron chi connectivity index (χ0n) is 19.0. The topological polar surface area (TPSA) is 90.0 Å². The molecule has 0 aliphatic heterocycles. The van der Waals surface area contributed by atoms with Gasteiger partial charge in [-0.3, -0.25) is 9.59 Å². The quantitative estimate of drug-likeness (QED) is 0.527. The molecule has 0 bridgehead atoms. The Hall–Kier alpha value is -2.33. The van der Waals surface area contributed by atoms with Crippen molar-refractivity contribution in [2.24, 2.45) is 0 Å². The van der Waals surface area contributed by atoms with Gasteiger partial charge in [-0.15, -0.1) is 0 Å². The maximum atomic E-state index is 13.5. The van der Waals surface area contributed by atoms with E-state index in [4.69, 9.17) is 23.2 Å². The van der Waals surface area contributed by atoms with E-state index in [1.54, 1.807) is 62.4 Å². The summed E-state index contributed by atoms with van der Waals surface area (Å²) < 4.78 is 28.1. The normalized spacial score (nSPS) is 12.3. The molecule has 0 spiro atoms. The average Bonchev–Trinajstić information content (AvgIpc) is 2.76. The third kappa shape index (κ3) is 6.83. The Kier molecular flexibility index (Phi) is 9.54. The minimum Gasteiger partial charge on any atom is -0.355 e. The zero-order chi connectivity index (χ0) is 24.8. The molecule has 0 aromatic heterocycles. The Morgan fingerprint density at radius 2 is 1.70 bits per heavy atom. The molecule has 2 aromatic rings. The van der Waals surface area contributed by atoms with Gasteiger partial charge in [0.05, 0.1) is 5.69 Å². The minimum absolute atomic E-state index is 0.00220. The number of hydrogen-bond acceptors (Lipinski definition) is 4. The summed E-state index contributed by atoms with van der Waals surface area (Å²) in [6, 6.07) is 12.3. The highest BCUT2D eigenvalue weighted by molar-refractivity contribution is 7.90. The van der Waals surface area contributed by atoms with E-state index in [-0.39, 0.29) is 12.5 Å². The van der Waals surface area contributed by atoms with Crippen LogP contribution in [0.2, 0.25) is 10.0 Å². The van der Waals surface area contributed by atoms with Crippen LogP contribution >= 0.6 is 23.2 Å². The lowest BCUT2D eigenvalue weighted by molar-refractivity contribution is -0.139. The first kappa shape index (κ1) is 26.9. The van der Waals surface area contributed by atoms with Crippen LogP contribution in [0.4, 0.5) is 5.69 Å². The summed E-state index contributed by atoms with van der Waals surface area (Å²) in [5.74, 6) is -0.924. The molecule has 0 fully saturated rings. The number of benzene rings is 2. The molecule has 2 rings (SSSR count). The van der Waals surface area contributed by atoms with E-state index in [0.717, 1.165) is 8.61 Å². The summed E-state index contributed by atoms with van der Waals surface area (Å²) in [7, 11) is -1.21. The first-order chi connectivity index (χ1) is 15.5. The number of hydrogen-bond donors (Lipinski definition) is 1. The van der Waals surface area contributed by atoms with Gasteiger partial charge in [0.15, 0.2) is 0 Å². The number of para-hydroxylation sites is 1. The number of rotatable bonds is 10. The third-order valence-electron chi connectivity index (χ3n) is 4.94. The number of likely N-dealkylation sites (N-methyl/N-ethyl adjacent to an activating group) is 1. The second-order valence-electron chi connectivity index (χ2n) is 7.46. The van der Waals surface area contributed by atoms with Crippen molar-refractivity contribution < 1.29 is 18.0 Å². The SMILES string of the molecule is CCNC(=O)[C@@H](C)N(Cc1ccc(Cl)cc1Cl)C(=O)CN(c1ccccc1)S(=O)(=O)N(C)C. The fourth-order valence-corrected chi connectivity index (χ4v) is 4.57. The van der Waals surface area contributed by atoms with Crippen molar-refractivity contribution in [3.63, 3.8) is 0 Å². The first-order valence-corrected chi connectivity index (χ1v) is 12.4. The van der Waals surface area contributed by atoms with Gasteiger partial charge in [0.2, 0.25) is 11.8 Å². The highest BCUT2D eigenvalue weighted by Gasteiger charge is 2.32. The lowest BCUT2D eigenvalue weighted by Crippen LogP contribution is -2.52. The van der Waals surface area contributed by atoms with E-state index in [0.29, 0.717) is 27.8 Å². The largest absolute Gasteiger partial charge is 0.355 e. The highest BCUT2D eigenvalue weighted by Crippen LogP contribution is 2.24. The molecule has 180 valence electrons. The number of halogens is 2. The molecule has 1 atom stereocenters. The molecular formula is C22H28Cl2N4O4S. The van der Waals surface area contributed by atoms with Crippen LogP contribution in [-0.2, 0) is 26.3 Å². The summed E-state index contributed by atoms with van der Waals surface area (Å²) in [4.78, 5) is 27.4. The Morgan fingerprint density at radius 3 is 2.24 bits per heavy atom. The maximum Gasteiger partial charge on any atom is 0.304 e. The Morgan fingerprint density at radius 1 is 1.06 bits per heavy atom. The molecule has 1 N–H and O–H groups in total. The Balaban J connectivity index is 2.45. The molecule has 0 aliphatic rings. The fourth-order valence-electron chi connectivity index (χ4n) is 3.05. The van der Waals surface area contributed by atoms with Gasteiger partial charge < -0.3 is 10.2 Å². The van der Waals surface area contributed by atoms with Crippen LogP contribution < -0.4 is 9.62 Å². The fraction of sp³-hybridized carbons (Fsp3) is 0.364. The second-order valence-corrected chi connectivity index (χ2v) is 10.4. The first-order valence-electron chi connectivity index (χ1n) is 10.2. The Bertz CT molecular complexity index is 1080. The van der Waals surface area contributed by atoms with Crippen LogP contribution in [0.3, 0.4) is 0 Å². The number of nitrogens with one attached hydrogen (secondary N) is 1.